The van der Waals surface area contributed by atoms with Crippen molar-refractivity contribution >= 4 is 16.9 Å². The molecule has 0 fully saturated rings. The Labute approximate surface area is 151 Å². The van der Waals surface area contributed by atoms with Crippen LogP contribution in [-0.2, 0) is 0 Å². The zero-order valence-electron chi connectivity index (χ0n) is 14.9. The lowest BCUT2D eigenvalue weighted by Gasteiger charge is -2.02. The molecular formula is C22H19NO3. The zero-order chi connectivity index (χ0) is 18.4. The average molecular weight is 345 g/mol. The number of aromatic amines is 1. The summed E-state index contributed by atoms with van der Waals surface area (Å²) in [7, 11) is 0. The highest BCUT2D eigenvalue weighted by Gasteiger charge is 2.14. The number of H-pyrrole nitrogens is 1. The smallest absolute Gasteiger partial charge is 0.335 e. The molecule has 4 heteroatoms. The molecule has 2 heterocycles. The van der Waals surface area contributed by atoms with Crippen molar-refractivity contribution in [2.24, 2.45) is 0 Å². The van der Waals surface area contributed by atoms with Crippen molar-refractivity contribution in [1.82, 2.24) is 4.98 Å². The van der Waals surface area contributed by atoms with E-state index in [-0.39, 0.29) is 5.56 Å². The molecule has 0 spiro atoms. The van der Waals surface area contributed by atoms with E-state index in [9.17, 15) is 4.79 Å². The molecule has 26 heavy (non-hydrogen) atoms. The summed E-state index contributed by atoms with van der Waals surface area (Å²) in [5.41, 5.74) is 7.57. The normalized spacial score (nSPS) is 11.2. The maximum atomic E-state index is 11.0. The Morgan fingerprint density at radius 1 is 0.923 bits per heavy atom. The van der Waals surface area contributed by atoms with Gasteiger partial charge in [0.25, 0.3) is 0 Å². The largest absolute Gasteiger partial charge is 0.478 e. The monoisotopic (exact) mass is 345 g/mol. The minimum atomic E-state index is -0.924. The number of aryl methyl sites for hydroxylation is 3. The summed E-state index contributed by atoms with van der Waals surface area (Å²) < 4.78 is 6.11. The minimum absolute atomic E-state index is 0.277. The van der Waals surface area contributed by atoms with Gasteiger partial charge in [0.1, 0.15) is 5.58 Å². The summed E-state index contributed by atoms with van der Waals surface area (Å²) in [6.45, 7) is 6.29. The third-order valence-electron chi connectivity index (χ3n) is 4.91. The van der Waals surface area contributed by atoms with E-state index in [1.165, 1.54) is 11.1 Å². The van der Waals surface area contributed by atoms with Gasteiger partial charge in [-0.25, -0.2) is 4.79 Å². The lowest BCUT2D eigenvalue weighted by molar-refractivity contribution is 0.0697. The predicted octanol–water partition coefficient (Wildman–Crippen LogP) is 5.72. The van der Waals surface area contributed by atoms with Gasteiger partial charge in [0, 0.05) is 11.1 Å². The van der Waals surface area contributed by atoms with Crippen molar-refractivity contribution in [2.75, 3.05) is 0 Å². The lowest BCUT2D eigenvalue weighted by Crippen LogP contribution is -1.94. The van der Waals surface area contributed by atoms with Crippen LogP contribution >= 0.6 is 0 Å². The SMILES string of the molecule is Cc1cc(C)c2oc(-c3ccc(-c4ccc(C(=O)O)cc4)[nH]3)cc2c1C. The Morgan fingerprint density at radius 3 is 2.31 bits per heavy atom. The highest BCUT2D eigenvalue weighted by atomic mass is 16.4. The first-order valence-corrected chi connectivity index (χ1v) is 8.47. The second-order valence-electron chi connectivity index (χ2n) is 6.66. The van der Waals surface area contributed by atoms with Gasteiger partial charge in [-0.1, -0.05) is 18.2 Å². The quantitative estimate of drug-likeness (QED) is 0.499. The third kappa shape index (κ3) is 2.60. The Hall–Kier alpha value is -3.27. The van der Waals surface area contributed by atoms with Gasteiger partial charge in [0.2, 0.25) is 0 Å². The van der Waals surface area contributed by atoms with Crippen LogP contribution in [0.3, 0.4) is 0 Å². The summed E-state index contributed by atoms with van der Waals surface area (Å²) in [5, 5.41) is 10.2. The van der Waals surface area contributed by atoms with Crippen LogP contribution in [0.4, 0.5) is 0 Å². The molecule has 0 saturated heterocycles. The number of hydrogen-bond acceptors (Lipinski definition) is 2. The molecule has 4 nitrogen and oxygen atoms in total. The number of carboxylic acids is 1. The molecule has 0 unspecified atom stereocenters. The number of fused-ring (bicyclic) bond motifs is 1. The van der Waals surface area contributed by atoms with Crippen molar-refractivity contribution in [3.8, 4) is 22.7 Å². The fraction of sp³-hybridized carbons (Fsp3) is 0.136. The molecule has 4 aromatic rings. The molecule has 0 bridgehead atoms. The van der Waals surface area contributed by atoms with Crippen LogP contribution in [0.5, 0.6) is 0 Å². The first-order valence-electron chi connectivity index (χ1n) is 8.47. The molecule has 0 amide bonds. The van der Waals surface area contributed by atoms with E-state index in [1.807, 2.05) is 12.1 Å². The van der Waals surface area contributed by atoms with Crippen LogP contribution in [-0.4, -0.2) is 16.1 Å². The molecule has 0 saturated carbocycles. The van der Waals surface area contributed by atoms with Crippen molar-refractivity contribution in [2.45, 2.75) is 20.8 Å². The molecule has 2 N–H and O–H groups in total. The molecule has 0 radical (unpaired) electrons. The number of furan rings is 1. The van der Waals surface area contributed by atoms with Gasteiger partial charge in [0.15, 0.2) is 5.76 Å². The maximum Gasteiger partial charge on any atom is 0.335 e. The first kappa shape index (κ1) is 16.2. The third-order valence-corrected chi connectivity index (χ3v) is 4.91. The first-order chi connectivity index (χ1) is 12.4. The average Bonchev–Trinajstić information content (AvgIpc) is 3.27. The molecule has 130 valence electrons. The van der Waals surface area contributed by atoms with Crippen LogP contribution in [0.1, 0.15) is 27.0 Å². The Bertz CT molecular complexity index is 1130. The number of benzene rings is 2. The molecule has 0 aliphatic rings. The highest BCUT2D eigenvalue weighted by Crippen LogP contribution is 2.34. The lowest BCUT2D eigenvalue weighted by atomic mass is 10.0. The van der Waals surface area contributed by atoms with E-state index in [2.05, 4.69) is 37.9 Å². The standard InChI is InChI=1S/C22H19NO3/c1-12-10-13(2)21-17(14(12)3)11-20(26-21)19-9-8-18(23-19)15-4-6-16(7-5-15)22(24)25/h4-11,23H,1-3H3,(H,24,25). The van der Waals surface area contributed by atoms with Crippen LogP contribution < -0.4 is 0 Å². The van der Waals surface area contributed by atoms with Crippen molar-refractivity contribution in [1.29, 1.82) is 0 Å². The molecule has 2 aromatic heterocycles. The van der Waals surface area contributed by atoms with Gasteiger partial charge in [-0.3, -0.25) is 0 Å². The van der Waals surface area contributed by atoms with Gasteiger partial charge < -0.3 is 14.5 Å². The van der Waals surface area contributed by atoms with E-state index in [0.717, 1.165) is 39.2 Å². The van der Waals surface area contributed by atoms with E-state index in [0.29, 0.717) is 0 Å². The van der Waals surface area contributed by atoms with Gasteiger partial charge in [-0.15, -0.1) is 0 Å². The van der Waals surface area contributed by atoms with Crippen molar-refractivity contribution in [3.63, 3.8) is 0 Å². The van der Waals surface area contributed by atoms with E-state index < -0.39 is 5.97 Å². The highest BCUT2D eigenvalue weighted by molar-refractivity contribution is 5.89. The number of carboxylic acid groups (broad SMARTS) is 1. The zero-order valence-corrected chi connectivity index (χ0v) is 14.9. The van der Waals surface area contributed by atoms with E-state index in [1.54, 1.807) is 24.3 Å². The van der Waals surface area contributed by atoms with E-state index >= 15 is 0 Å². The Morgan fingerprint density at radius 2 is 1.62 bits per heavy atom. The fourth-order valence-electron chi connectivity index (χ4n) is 3.31. The number of carbonyl (C=O) groups is 1. The van der Waals surface area contributed by atoms with E-state index in [4.69, 9.17) is 9.52 Å². The van der Waals surface area contributed by atoms with Gasteiger partial charge in [-0.2, -0.15) is 0 Å². The number of rotatable bonds is 3. The number of hydrogen-bond donors (Lipinski definition) is 2. The molecule has 2 aromatic carbocycles. The molecule has 4 rings (SSSR count). The van der Waals surface area contributed by atoms with Gasteiger partial charge in [-0.05, 0) is 73.4 Å². The van der Waals surface area contributed by atoms with Crippen LogP contribution in [0.2, 0.25) is 0 Å². The Kier molecular flexibility index (Phi) is 3.69. The van der Waals surface area contributed by atoms with Crippen LogP contribution in [0, 0.1) is 20.8 Å². The minimum Gasteiger partial charge on any atom is -0.478 e. The number of nitrogens with one attached hydrogen (secondary N) is 1. The van der Waals surface area contributed by atoms with Crippen molar-refractivity contribution < 1.29 is 14.3 Å². The molecule has 0 aliphatic carbocycles. The second kappa shape index (κ2) is 5.92. The molecule has 0 aliphatic heterocycles. The van der Waals surface area contributed by atoms with Crippen LogP contribution in [0.15, 0.2) is 52.9 Å². The summed E-state index contributed by atoms with van der Waals surface area (Å²) in [6.07, 6.45) is 0. The predicted molar refractivity (Wildman–Crippen MR) is 103 cm³/mol. The second-order valence-corrected chi connectivity index (χ2v) is 6.66. The Balaban J connectivity index is 1.74. The molecule has 0 atom stereocenters. The summed E-state index contributed by atoms with van der Waals surface area (Å²) in [5.74, 6) is -0.128. The van der Waals surface area contributed by atoms with Gasteiger partial charge in [0.05, 0.1) is 11.3 Å². The number of aromatic carboxylic acids is 1. The maximum absolute atomic E-state index is 11.0. The van der Waals surface area contributed by atoms with Gasteiger partial charge >= 0.3 is 5.97 Å². The topological polar surface area (TPSA) is 66.2 Å². The fourth-order valence-corrected chi connectivity index (χ4v) is 3.31. The summed E-state index contributed by atoms with van der Waals surface area (Å²) in [4.78, 5) is 14.3. The summed E-state index contributed by atoms with van der Waals surface area (Å²) in [6, 6.07) is 15.0. The number of aromatic nitrogens is 1. The molecular weight excluding hydrogens is 326 g/mol. The summed E-state index contributed by atoms with van der Waals surface area (Å²) >= 11 is 0. The van der Waals surface area contributed by atoms with Crippen molar-refractivity contribution in [3.05, 3.63) is 70.8 Å². The van der Waals surface area contributed by atoms with Crippen LogP contribution in [0.25, 0.3) is 33.7 Å².